The fraction of sp³-hybridized carbons (Fsp3) is 0.444. The normalized spacial score (nSPS) is 9.86. The van der Waals surface area contributed by atoms with Gasteiger partial charge in [-0.1, -0.05) is 0 Å². The Morgan fingerprint density at radius 3 is 2.00 bits per heavy atom. The molecule has 0 aromatic carbocycles. The van der Waals surface area contributed by atoms with Gasteiger partial charge in [0.1, 0.15) is 6.61 Å². The zero-order valence-corrected chi connectivity index (χ0v) is 8.11. The van der Waals surface area contributed by atoms with Gasteiger partial charge in [0.2, 0.25) is 0 Å². The number of hydrogen-bond donors (Lipinski definition) is 0. The van der Waals surface area contributed by atoms with Crippen molar-refractivity contribution in [1.29, 1.82) is 0 Å². The summed E-state index contributed by atoms with van der Waals surface area (Å²) in [7, 11) is 0. The van der Waals surface area contributed by atoms with Crippen LogP contribution in [-0.4, -0.2) is 30.9 Å². The largest absolute Gasteiger partial charge is 0.463 e. The minimum Gasteiger partial charge on any atom is -0.463 e. The molecule has 78 valence electrons. The number of carbonyl (C=O) groups is 3. The van der Waals surface area contributed by atoms with Crippen LogP contribution in [0.3, 0.4) is 0 Å². The van der Waals surface area contributed by atoms with Crippen LogP contribution in [-0.2, 0) is 23.9 Å². The van der Waals surface area contributed by atoms with Crippen molar-refractivity contribution in [2.75, 3.05) is 13.2 Å². The van der Waals surface area contributed by atoms with Gasteiger partial charge in [-0.2, -0.15) is 0 Å². The van der Waals surface area contributed by atoms with Gasteiger partial charge in [-0.05, 0) is 13.8 Å². The molecule has 0 radical (unpaired) electrons. The molecule has 0 rings (SSSR count). The van der Waals surface area contributed by atoms with Gasteiger partial charge in [0.05, 0.1) is 6.61 Å². The number of Topliss-reactive ketones (excluding diaryl/α,β-unsaturated/α-hetero) is 1. The van der Waals surface area contributed by atoms with E-state index in [1.165, 1.54) is 6.92 Å². The van der Waals surface area contributed by atoms with E-state index in [2.05, 4.69) is 9.47 Å². The number of esters is 2. The third-order valence-electron chi connectivity index (χ3n) is 1.06. The Kier molecular flexibility index (Phi) is 6.02. The number of ketones is 1. The average molecular weight is 200 g/mol. The summed E-state index contributed by atoms with van der Waals surface area (Å²) in [6.07, 6.45) is 1.87. The summed E-state index contributed by atoms with van der Waals surface area (Å²) in [5.41, 5.74) is 0. The minimum absolute atomic E-state index is 0.242. The molecule has 0 atom stereocenters. The lowest BCUT2D eigenvalue weighted by molar-refractivity contribution is -0.143. The molecule has 0 spiro atoms. The highest BCUT2D eigenvalue weighted by atomic mass is 16.5. The van der Waals surface area contributed by atoms with Gasteiger partial charge in [-0.3, -0.25) is 4.79 Å². The first kappa shape index (κ1) is 12.3. The van der Waals surface area contributed by atoms with E-state index in [1.54, 1.807) is 6.92 Å². The van der Waals surface area contributed by atoms with Crippen molar-refractivity contribution in [3.8, 4) is 0 Å². The van der Waals surface area contributed by atoms with E-state index < -0.39 is 11.9 Å². The zero-order valence-electron chi connectivity index (χ0n) is 8.11. The quantitative estimate of drug-likeness (QED) is 0.469. The molecule has 5 heteroatoms. The molecule has 0 aliphatic carbocycles. The molecule has 0 aliphatic heterocycles. The smallest absolute Gasteiger partial charge is 0.331 e. The minimum atomic E-state index is -0.742. The van der Waals surface area contributed by atoms with Gasteiger partial charge < -0.3 is 9.47 Å². The summed E-state index contributed by atoms with van der Waals surface area (Å²) in [6, 6.07) is 0. The van der Waals surface area contributed by atoms with Crippen LogP contribution in [0, 0.1) is 0 Å². The monoisotopic (exact) mass is 200 g/mol. The van der Waals surface area contributed by atoms with Crippen molar-refractivity contribution >= 4 is 17.7 Å². The van der Waals surface area contributed by atoms with E-state index in [1.807, 2.05) is 0 Å². The highest BCUT2D eigenvalue weighted by molar-refractivity contribution is 5.92. The van der Waals surface area contributed by atoms with Crippen LogP contribution in [0.2, 0.25) is 0 Å². The van der Waals surface area contributed by atoms with Gasteiger partial charge in [-0.15, -0.1) is 0 Å². The van der Waals surface area contributed by atoms with Gasteiger partial charge in [0.25, 0.3) is 0 Å². The molecular weight excluding hydrogens is 188 g/mol. The van der Waals surface area contributed by atoms with E-state index in [4.69, 9.17) is 0 Å². The number of carbonyl (C=O) groups excluding carboxylic acids is 3. The second-order valence-electron chi connectivity index (χ2n) is 2.40. The number of hydrogen-bond acceptors (Lipinski definition) is 5. The van der Waals surface area contributed by atoms with Crippen LogP contribution in [0.25, 0.3) is 0 Å². The van der Waals surface area contributed by atoms with Crippen LogP contribution < -0.4 is 0 Å². The SMILES string of the molecule is CCOC(=O)/C=C\C(=O)OCC(C)=O. The molecule has 0 saturated carbocycles. The summed E-state index contributed by atoms with van der Waals surface area (Å²) < 4.78 is 8.97. The van der Waals surface area contributed by atoms with Crippen molar-refractivity contribution in [2.24, 2.45) is 0 Å². The molecule has 0 N–H and O–H groups in total. The van der Waals surface area contributed by atoms with Gasteiger partial charge in [0, 0.05) is 12.2 Å². The fourth-order valence-electron chi connectivity index (χ4n) is 0.547. The van der Waals surface area contributed by atoms with Crippen molar-refractivity contribution in [1.82, 2.24) is 0 Å². The lowest BCUT2D eigenvalue weighted by atomic mass is 10.5. The molecule has 0 aromatic rings. The summed E-state index contributed by atoms with van der Waals surface area (Å²) in [5.74, 6) is -1.62. The number of rotatable bonds is 5. The molecular formula is C9H12O5. The first-order valence-corrected chi connectivity index (χ1v) is 4.07. The Balaban J connectivity index is 3.81. The lowest BCUT2D eigenvalue weighted by Gasteiger charge is -1.97. The summed E-state index contributed by atoms with van der Waals surface area (Å²) in [5, 5.41) is 0. The average Bonchev–Trinajstić information content (AvgIpc) is 2.12. The Labute approximate surface area is 81.7 Å². The Morgan fingerprint density at radius 1 is 1.07 bits per heavy atom. The van der Waals surface area contributed by atoms with Crippen LogP contribution in [0.4, 0.5) is 0 Å². The third kappa shape index (κ3) is 7.02. The van der Waals surface area contributed by atoms with Crippen LogP contribution in [0.15, 0.2) is 12.2 Å². The van der Waals surface area contributed by atoms with Gasteiger partial charge in [-0.25, -0.2) is 9.59 Å². The molecule has 0 aromatic heterocycles. The molecule has 0 amide bonds. The third-order valence-corrected chi connectivity index (χ3v) is 1.06. The van der Waals surface area contributed by atoms with E-state index in [9.17, 15) is 14.4 Å². The fourth-order valence-corrected chi connectivity index (χ4v) is 0.547. The lowest BCUT2D eigenvalue weighted by Crippen LogP contribution is -2.09. The van der Waals surface area contributed by atoms with Crippen molar-refractivity contribution in [3.63, 3.8) is 0 Å². The molecule has 0 bridgehead atoms. The first-order valence-electron chi connectivity index (χ1n) is 4.07. The second-order valence-corrected chi connectivity index (χ2v) is 2.40. The van der Waals surface area contributed by atoms with Crippen LogP contribution in [0.1, 0.15) is 13.8 Å². The molecule has 5 nitrogen and oxygen atoms in total. The highest BCUT2D eigenvalue weighted by Gasteiger charge is 2.01. The zero-order chi connectivity index (χ0) is 11.0. The molecule has 0 unspecified atom stereocenters. The van der Waals surface area contributed by atoms with Gasteiger partial charge in [0.15, 0.2) is 5.78 Å². The Morgan fingerprint density at radius 2 is 1.57 bits per heavy atom. The standard InChI is InChI=1S/C9H12O5/c1-3-13-8(11)4-5-9(12)14-6-7(2)10/h4-5H,3,6H2,1-2H3/b5-4-. The van der Waals surface area contributed by atoms with Crippen molar-refractivity contribution < 1.29 is 23.9 Å². The molecule has 0 heterocycles. The van der Waals surface area contributed by atoms with E-state index in [0.29, 0.717) is 0 Å². The van der Waals surface area contributed by atoms with E-state index in [0.717, 1.165) is 12.2 Å². The van der Waals surface area contributed by atoms with Crippen LogP contribution >= 0.6 is 0 Å². The molecule has 0 aliphatic rings. The number of ether oxygens (including phenoxy) is 2. The maximum Gasteiger partial charge on any atom is 0.331 e. The Hall–Kier alpha value is -1.65. The highest BCUT2D eigenvalue weighted by Crippen LogP contribution is 1.85. The van der Waals surface area contributed by atoms with Crippen molar-refractivity contribution in [2.45, 2.75) is 13.8 Å². The summed E-state index contributed by atoms with van der Waals surface area (Å²) in [4.78, 5) is 31.9. The second kappa shape index (κ2) is 6.82. The van der Waals surface area contributed by atoms with E-state index in [-0.39, 0.29) is 19.0 Å². The summed E-state index contributed by atoms with van der Waals surface area (Å²) in [6.45, 7) is 2.90. The van der Waals surface area contributed by atoms with Gasteiger partial charge >= 0.3 is 11.9 Å². The maximum atomic E-state index is 10.8. The van der Waals surface area contributed by atoms with E-state index >= 15 is 0 Å². The van der Waals surface area contributed by atoms with Crippen LogP contribution in [0.5, 0.6) is 0 Å². The molecule has 14 heavy (non-hydrogen) atoms. The predicted molar refractivity (Wildman–Crippen MR) is 47.4 cm³/mol. The summed E-state index contributed by atoms with van der Waals surface area (Å²) >= 11 is 0. The topological polar surface area (TPSA) is 69.7 Å². The Bertz CT molecular complexity index is 254. The van der Waals surface area contributed by atoms with Crippen molar-refractivity contribution in [3.05, 3.63) is 12.2 Å². The predicted octanol–water partition coefficient (Wildman–Crippen LogP) is 0.238. The molecule has 0 saturated heterocycles. The maximum absolute atomic E-state index is 10.8. The first-order chi connectivity index (χ1) is 6.56. The molecule has 0 fully saturated rings.